The lowest BCUT2D eigenvalue weighted by molar-refractivity contribution is -0.123. The molecule has 0 fully saturated rings. The lowest BCUT2D eigenvalue weighted by Crippen LogP contribution is -2.43. The SMILES string of the molecule is Cc1nc(-c2ccccc2)sc1C(=O)NNC(=O)COc1cccc(C(C)C)c1. The van der Waals surface area contributed by atoms with Crippen LogP contribution in [0, 0.1) is 6.92 Å². The molecule has 0 spiro atoms. The number of aryl methyl sites for hydroxylation is 1. The Morgan fingerprint density at radius 1 is 1.07 bits per heavy atom. The van der Waals surface area contributed by atoms with E-state index in [1.54, 1.807) is 13.0 Å². The average Bonchev–Trinajstić information content (AvgIpc) is 3.13. The normalized spacial score (nSPS) is 10.6. The predicted molar refractivity (Wildman–Crippen MR) is 114 cm³/mol. The molecule has 0 atom stereocenters. The van der Waals surface area contributed by atoms with E-state index >= 15 is 0 Å². The van der Waals surface area contributed by atoms with Crippen molar-refractivity contribution in [2.75, 3.05) is 6.61 Å². The van der Waals surface area contributed by atoms with Gasteiger partial charge in [0.2, 0.25) is 0 Å². The third-order valence-electron chi connectivity index (χ3n) is 4.23. The molecule has 0 aliphatic rings. The summed E-state index contributed by atoms with van der Waals surface area (Å²) in [4.78, 5) is 29.3. The number of benzene rings is 2. The minimum absolute atomic E-state index is 0.196. The number of hydrogen-bond donors (Lipinski definition) is 2. The highest BCUT2D eigenvalue weighted by Crippen LogP contribution is 2.27. The number of aromatic nitrogens is 1. The summed E-state index contributed by atoms with van der Waals surface area (Å²) in [5.74, 6) is 0.134. The van der Waals surface area contributed by atoms with E-state index < -0.39 is 11.8 Å². The summed E-state index contributed by atoms with van der Waals surface area (Å²) in [5.41, 5.74) is 7.49. The molecule has 150 valence electrons. The number of nitrogens with zero attached hydrogens (tertiary/aromatic N) is 1. The first-order valence-corrected chi connectivity index (χ1v) is 10.1. The standard InChI is InChI=1S/C22H23N3O3S/c1-14(2)17-10-7-11-18(12-17)28-13-19(26)24-25-21(27)20-15(3)23-22(29-20)16-8-5-4-6-9-16/h4-12,14H,13H2,1-3H3,(H,24,26)(H,25,27). The highest BCUT2D eigenvalue weighted by molar-refractivity contribution is 7.17. The molecule has 3 rings (SSSR count). The second-order valence-electron chi connectivity index (χ2n) is 6.82. The molecule has 0 saturated carbocycles. The van der Waals surface area contributed by atoms with Crippen molar-refractivity contribution >= 4 is 23.2 Å². The maximum atomic E-state index is 12.4. The van der Waals surface area contributed by atoms with Crippen LogP contribution in [0.15, 0.2) is 54.6 Å². The summed E-state index contributed by atoms with van der Waals surface area (Å²) in [7, 11) is 0. The molecule has 1 aromatic heterocycles. The summed E-state index contributed by atoms with van der Waals surface area (Å²) < 4.78 is 5.51. The Balaban J connectivity index is 1.53. The van der Waals surface area contributed by atoms with E-state index in [0.29, 0.717) is 22.2 Å². The Morgan fingerprint density at radius 3 is 2.55 bits per heavy atom. The minimum Gasteiger partial charge on any atom is -0.484 e. The molecule has 0 bridgehead atoms. The Bertz CT molecular complexity index is 1000. The first-order chi connectivity index (χ1) is 13.9. The van der Waals surface area contributed by atoms with Gasteiger partial charge in [0.15, 0.2) is 6.61 Å². The Morgan fingerprint density at radius 2 is 1.83 bits per heavy atom. The molecule has 0 aliphatic heterocycles. The molecule has 6 nitrogen and oxygen atoms in total. The van der Waals surface area contributed by atoms with Crippen molar-refractivity contribution in [1.82, 2.24) is 15.8 Å². The van der Waals surface area contributed by atoms with Gasteiger partial charge in [0, 0.05) is 5.56 Å². The van der Waals surface area contributed by atoms with Crippen LogP contribution >= 0.6 is 11.3 Å². The van der Waals surface area contributed by atoms with E-state index in [-0.39, 0.29) is 6.61 Å². The van der Waals surface area contributed by atoms with Crippen molar-refractivity contribution < 1.29 is 14.3 Å². The van der Waals surface area contributed by atoms with Crippen molar-refractivity contribution in [1.29, 1.82) is 0 Å². The molecule has 2 aromatic carbocycles. The van der Waals surface area contributed by atoms with Gasteiger partial charge in [0.1, 0.15) is 15.6 Å². The smallest absolute Gasteiger partial charge is 0.281 e. The minimum atomic E-state index is -0.446. The van der Waals surface area contributed by atoms with Crippen molar-refractivity contribution in [3.63, 3.8) is 0 Å². The Labute approximate surface area is 173 Å². The van der Waals surface area contributed by atoms with E-state index in [1.165, 1.54) is 11.3 Å². The first-order valence-electron chi connectivity index (χ1n) is 9.29. The van der Waals surface area contributed by atoms with Crippen LogP contribution in [0.2, 0.25) is 0 Å². The third-order valence-corrected chi connectivity index (χ3v) is 5.44. The number of carbonyl (C=O) groups is 2. The fraction of sp³-hybridized carbons (Fsp3) is 0.227. The van der Waals surface area contributed by atoms with E-state index in [2.05, 4.69) is 29.7 Å². The Hall–Kier alpha value is -3.19. The van der Waals surface area contributed by atoms with Gasteiger partial charge in [-0.25, -0.2) is 4.98 Å². The van der Waals surface area contributed by atoms with Crippen LogP contribution < -0.4 is 15.6 Å². The maximum absolute atomic E-state index is 12.4. The molecule has 3 aromatic rings. The third kappa shape index (κ3) is 5.42. The zero-order chi connectivity index (χ0) is 20.8. The molecule has 0 unspecified atom stereocenters. The van der Waals surface area contributed by atoms with Gasteiger partial charge in [-0.05, 0) is 30.5 Å². The van der Waals surface area contributed by atoms with Gasteiger partial charge in [-0.2, -0.15) is 0 Å². The summed E-state index contributed by atoms with van der Waals surface area (Å²) in [5, 5.41) is 0.757. The molecule has 7 heteroatoms. The highest BCUT2D eigenvalue weighted by Gasteiger charge is 2.17. The Kier molecular flexibility index (Phi) is 6.61. The van der Waals surface area contributed by atoms with Gasteiger partial charge in [-0.3, -0.25) is 20.4 Å². The molecule has 0 aliphatic carbocycles. The van der Waals surface area contributed by atoms with Crippen molar-refractivity contribution in [2.45, 2.75) is 26.7 Å². The number of rotatable bonds is 6. The summed E-state index contributed by atoms with van der Waals surface area (Å²) >= 11 is 1.28. The van der Waals surface area contributed by atoms with E-state index in [4.69, 9.17) is 4.74 Å². The largest absolute Gasteiger partial charge is 0.484 e. The van der Waals surface area contributed by atoms with Crippen LogP contribution in [0.1, 0.15) is 40.7 Å². The summed E-state index contributed by atoms with van der Waals surface area (Å²) in [6, 6.07) is 17.2. The number of amides is 2. The van der Waals surface area contributed by atoms with Crippen LogP contribution in [-0.4, -0.2) is 23.4 Å². The fourth-order valence-corrected chi connectivity index (χ4v) is 3.61. The highest BCUT2D eigenvalue weighted by atomic mass is 32.1. The average molecular weight is 410 g/mol. The zero-order valence-corrected chi connectivity index (χ0v) is 17.4. The lowest BCUT2D eigenvalue weighted by atomic mass is 10.0. The van der Waals surface area contributed by atoms with Gasteiger partial charge in [-0.15, -0.1) is 11.3 Å². The molecule has 2 amide bonds. The zero-order valence-electron chi connectivity index (χ0n) is 16.6. The fourth-order valence-electron chi connectivity index (χ4n) is 2.64. The molecule has 2 N–H and O–H groups in total. The van der Waals surface area contributed by atoms with Crippen molar-refractivity contribution in [3.8, 4) is 16.3 Å². The number of hydrogen-bond acceptors (Lipinski definition) is 5. The predicted octanol–water partition coefficient (Wildman–Crippen LogP) is 4.08. The summed E-state index contributed by atoms with van der Waals surface area (Å²) in [6.45, 7) is 5.75. The molecule has 1 heterocycles. The van der Waals surface area contributed by atoms with Crippen LogP contribution in [0.5, 0.6) is 5.75 Å². The van der Waals surface area contributed by atoms with E-state index in [9.17, 15) is 9.59 Å². The summed E-state index contributed by atoms with van der Waals surface area (Å²) in [6.07, 6.45) is 0. The van der Waals surface area contributed by atoms with E-state index in [0.717, 1.165) is 16.1 Å². The van der Waals surface area contributed by atoms with Crippen LogP contribution in [-0.2, 0) is 4.79 Å². The van der Waals surface area contributed by atoms with Crippen LogP contribution in [0.3, 0.4) is 0 Å². The topological polar surface area (TPSA) is 80.3 Å². The lowest BCUT2D eigenvalue weighted by Gasteiger charge is -2.10. The van der Waals surface area contributed by atoms with E-state index in [1.807, 2.05) is 48.5 Å². The molecule has 29 heavy (non-hydrogen) atoms. The van der Waals surface area contributed by atoms with Crippen LogP contribution in [0.25, 0.3) is 10.6 Å². The van der Waals surface area contributed by atoms with Gasteiger partial charge in [-0.1, -0.05) is 56.3 Å². The van der Waals surface area contributed by atoms with Crippen molar-refractivity contribution in [3.05, 3.63) is 70.7 Å². The molecule has 0 radical (unpaired) electrons. The van der Waals surface area contributed by atoms with Gasteiger partial charge in [0.05, 0.1) is 5.69 Å². The maximum Gasteiger partial charge on any atom is 0.281 e. The molecular formula is C22H23N3O3S. The molecular weight excluding hydrogens is 386 g/mol. The van der Waals surface area contributed by atoms with Gasteiger partial charge >= 0.3 is 0 Å². The number of ether oxygens (including phenoxy) is 1. The monoisotopic (exact) mass is 409 g/mol. The van der Waals surface area contributed by atoms with Crippen LogP contribution in [0.4, 0.5) is 0 Å². The second kappa shape index (κ2) is 9.34. The van der Waals surface area contributed by atoms with Crippen molar-refractivity contribution in [2.24, 2.45) is 0 Å². The first kappa shape index (κ1) is 20.5. The number of nitrogens with one attached hydrogen (secondary N) is 2. The number of hydrazine groups is 1. The number of thiazole rings is 1. The second-order valence-corrected chi connectivity index (χ2v) is 7.82. The van der Waals surface area contributed by atoms with Gasteiger partial charge in [0.25, 0.3) is 11.8 Å². The molecule has 0 saturated heterocycles. The number of carbonyl (C=O) groups excluding carboxylic acids is 2. The quantitative estimate of drug-likeness (QED) is 0.601. The van der Waals surface area contributed by atoms with Gasteiger partial charge < -0.3 is 4.74 Å².